The van der Waals surface area contributed by atoms with Gasteiger partial charge < -0.3 is 24.1 Å². The number of halogens is 1. The van der Waals surface area contributed by atoms with Crippen LogP contribution >= 0.6 is 24.0 Å². The third-order valence-corrected chi connectivity index (χ3v) is 5.28. The highest BCUT2D eigenvalue weighted by atomic mass is 127. The van der Waals surface area contributed by atoms with Crippen molar-refractivity contribution in [1.82, 2.24) is 19.6 Å². The highest BCUT2D eigenvalue weighted by molar-refractivity contribution is 14.0. The Morgan fingerprint density at radius 3 is 2.80 bits per heavy atom. The topological polar surface area (TPSA) is 63.4 Å². The predicted octanol–water partition coefficient (Wildman–Crippen LogP) is 3.29. The van der Waals surface area contributed by atoms with E-state index < -0.39 is 0 Å². The molecule has 30 heavy (non-hydrogen) atoms. The van der Waals surface area contributed by atoms with Gasteiger partial charge in [-0.2, -0.15) is 0 Å². The number of imidazole rings is 1. The van der Waals surface area contributed by atoms with Gasteiger partial charge in [0.15, 0.2) is 5.96 Å². The van der Waals surface area contributed by atoms with E-state index in [4.69, 9.17) is 19.5 Å². The van der Waals surface area contributed by atoms with Crippen molar-refractivity contribution in [2.75, 3.05) is 46.5 Å². The van der Waals surface area contributed by atoms with Crippen LogP contribution < -0.4 is 5.32 Å². The summed E-state index contributed by atoms with van der Waals surface area (Å²) in [5, 5.41) is 3.44. The molecule has 1 aliphatic rings. The SMILES string of the molecule is CCNC(=NCCc1cn2cccc(C)c2n1)N1CCC(OCCCOC)CC1.I. The maximum Gasteiger partial charge on any atom is 0.193 e. The Kier molecular flexibility index (Phi) is 10.9. The second-order valence-electron chi connectivity index (χ2n) is 7.54. The normalized spacial score (nSPS) is 15.4. The van der Waals surface area contributed by atoms with Gasteiger partial charge in [0.05, 0.1) is 11.8 Å². The van der Waals surface area contributed by atoms with E-state index in [2.05, 4.69) is 46.8 Å². The van der Waals surface area contributed by atoms with Crippen molar-refractivity contribution in [3.8, 4) is 0 Å². The minimum Gasteiger partial charge on any atom is -0.385 e. The number of pyridine rings is 1. The number of nitrogens with zero attached hydrogens (tertiary/aromatic N) is 4. The van der Waals surface area contributed by atoms with Crippen LogP contribution in [0, 0.1) is 6.92 Å². The van der Waals surface area contributed by atoms with Crippen molar-refractivity contribution in [3.05, 3.63) is 35.8 Å². The number of hydrogen-bond acceptors (Lipinski definition) is 4. The number of hydrogen-bond donors (Lipinski definition) is 1. The molecule has 2 aromatic heterocycles. The fourth-order valence-corrected chi connectivity index (χ4v) is 3.71. The van der Waals surface area contributed by atoms with Crippen molar-refractivity contribution < 1.29 is 9.47 Å². The molecule has 0 bridgehead atoms. The van der Waals surface area contributed by atoms with Crippen LogP contribution in [0.2, 0.25) is 0 Å². The molecule has 1 N–H and O–H groups in total. The first kappa shape index (κ1) is 24.9. The molecule has 1 saturated heterocycles. The van der Waals surface area contributed by atoms with Gasteiger partial charge in [0.1, 0.15) is 5.65 Å². The first-order valence-corrected chi connectivity index (χ1v) is 10.8. The number of rotatable bonds is 9. The Morgan fingerprint density at radius 2 is 2.10 bits per heavy atom. The zero-order chi connectivity index (χ0) is 20.5. The highest BCUT2D eigenvalue weighted by Gasteiger charge is 2.21. The molecule has 0 atom stereocenters. The van der Waals surface area contributed by atoms with Gasteiger partial charge >= 0.3 is 0 Å². The summed E-state index contributed by atoms with van der Waals surface area (Å²) in [4.78, 5) is 12.0. The molecular weight excluding hydrogens is 493 g/mol. The van der Waals surface area contributed by atoms with Crippen LogP contribution in [0.5, 0.6) is 0 Å². The van der Waals surface area contributed by atoms with Gasteiger partial charge in [0.25, 0.3) is 0 Å². The lowest BCUT2D eigenvalue weighted by atomic mass is 10.1. The van der Waals surface area contributed by atoms with E-state index >= 15 is 0 Å². The molecular formula is C22H36IN5O2. The van der Waals surface area contributed by atoms with Crippen LogP contribution in [0.15, 0.2) is 29.5 Å². The summed E-state index contributed by atoms with van der Waals surface area (Å²) in [5.41, 5.74) is 3.32. The molecule has 0 amide bonds. The third kappa shape index (κ3) is 7.09. The van der Waals surface area contributed by atoms with Crippen LogP contribution in [0.1, 0.15) is 37.4 Å². The first-order chi connectivity index (χ1) is 14.2. The maximum absolute atomic E-state index is 5.97. The lowest BCUT2D eigenvalue weighted by Gasteiger charge is -2.34. The highest BCUT2D eigenvalue weighted by Crippen LogP contribution is 2.15. The minimum absolute atomic E-state index is 0. The summed E-state index contributed by atoms with van der Waals surface area (Å²) in [6.45, 7) is 9.33. The van der Waals surface area contributed by atoms with Crippen molar-refractivity contribution in [2.24, 2.45) is 4.99 Å². The summed E-state index contributed by atoms with van der Waals surface area (Å²) in [6, 6.07) is 4.15. The fourth-order valence-electron chi connectivity index (χ4n) is 3.71. The molecule has 3 rings (SSSR count). The van der Waals surface area contributed by atoms with Crippen LogP contribution in [0.4, 0.5) is 0 Å². The van der Waals surface area contributed by atoms with Gasteiger partial charge in [0, 0.05) is 65.3 Å². The Bertz CT molecular complexity index is 787. The minimum atomic E-state index is 0. The second kappa shape index (κ2) is 13.1. The molecule has 0 saturated carbocycles. The van der Waals surface area contributed by atoms with E-state index in [9.17, 15) is 0 Å². The Hall–Kier alpha value is -1.39. The van der Waals surface area contributed by atoms with Crippen LogP contribution in [0.25, 0.3) is 5.65 Å². The molecule has 2 aromatic rings. The van der Waals surface area contributed by atoms with E-state index in [1.165, 1.54) is 5.56 Å². The lowest BCUT2D eigenvalue weighted by molar-refractivity contribution is 0.00991. The zero-order valence-corrected chi connectivity index (χ0v) is 20.8. The molecule has 0 unspecified atom stereocenters. The van der Waals surface area contributed by atoms with Gasteiger partial charge in [-0.05, 0) is 44.7 Å². The summed E-state index contributed by atoms with van der Waals surface area (Å²) >= 11 is 0. The van der Waals surface area contributed by atoms with E-state index in [1.807, 2.05) is 6.20 Å². The van der Waals surface area contributed by atoms with E-state index in [0.717, 1.165) is 82.4 Å². The largest absolute Gasteiger partial charge is 0.385 e. The maximum atomic E-state index is 5.97. The van der Waals surface area contributed by atoms with Crippen LogP contribution in [-0.2, 0) is 15.9 Å². The van der Waals surface area contributed by atoms with Crippen LogP contribution in [0.3, 0.4) is 0 Å². The number of fused-ring (bicyclic) bond motifs is 1. The Morgan fingerprint density at radius 1 is 1.30 bits per heavy atom. The molecule has 7 nitrogen and oxygen atoms in total. The van der Waals surface area contributed by atoms with Crippen molar-refractivity contribution >= 4 is 35.6 Å². The molecule has 168 valence electrons. The number of piperidine rings is 1. The first-order valence-electron chi connectivity index (χ1n) is 10.8. The summed E-state index contributed by atoms with van der Waals surface area (Å²) in [5.74, 6) is 1.00. The number of ether oxygens (including phenoxy) is 2. The quantitative estimate of drug-likeness (QED) is 0.234. The summed E-state index contributed by atoms with van der Waals surface area (Å²) in [6.07, 6.45) is 8.41. The Balaban J connectivity index is 0.00000320. The molecule has 1 fully saturated rings. The summed E-state index contributed by atoms with van der Waals surface area (Å²) < 4.78 is 13.1. The van der Waals surface area contributed by atoms with Gasteiger partial charge in [-0.1, -0.05) is 6.07 Å². The predicted molar refractivity (Wildman–Crippen MR) is 132 cm³/mol. The van der Waals surface area contributed by atoms with Crippen molar-refractivity contribution in [1.29, 1.82) is 0 Å². The number of aromatic nitrogens is 2. The van der Waals surface area contributed by atoms with Crippen LogP contribution in [-0.4, -0.2) is 72.9 Å². The van der Waals surface area contributed by atoms with Gasteiger partial charge in [-0.15, -0.1) is 24.0 Å². The van der Waals surface area contributed by atoms with Gasteiger partial charge in [-0.3, -0.25) is 4.99 Å². The van der Waals surface area contributed by atoms with Gasteiger partial charge in [-0.25, -0.2) is 4.98 Å². The molecule has 0 aliphatic carbocycles. The molecule has 0 radical (unpaired) electrons. The number of aryl methyl sites for hydroxylation is 1. The van der Waals surface area contributed by atoms with E-state index in [0.29, 0.717) is 6.10 Å². The fraction of sp³-hybridized carbons (Fsp3) is 0.636. The van der Waals surface area contributed by atoms with E-state index in [-0.39, 0.29) is 24.0 Å². The number of likely N-dealkylation sites (tertiary alicyclic amines) is 1. The zero-order valence-electron chi connectivity index (χ0n) is 18.5. The number of guanidine groups is 1. The average Bonchev–Trinajstić information content (AvgIpc) is 3.16. The molecule has 3 heterocycles. The standard InChI is InChI=1S/C22H35N5O2.HI/c1-4-23-22(26-13-9-20(10-14-26)29-16-6-15-28-3)24-11-8-19-17-27-12-5-7-18(2)21(27)25-19;/h5,7,12,17,20H,4,6,8-11,13-16H2,1-3H3,(H,23,24);1H. The number of nitrogens with one attached hydrogen (secondary N) is 1. The Labute approximate surface area is 197 Å². The second-order valence-corrected chi connectivity index (χ2v) is 7.54. The third-order valence-electron chi connectivity index (χ3n) is 5.28. The molecule has 8 heteroatoms. The van der Waals surface area contributed by atoms with E-state index in [1.54, 1.807) is 7.11 Å². The molecule has 0 spiro atoms. The monoisotopic (exact) mass is 529 g/mol. The van der Waals surface area contributed by atoms with Gasteiger partial charge in [0.2, 0.25) is 0 Å². The molecule has 0 aromatic carbocycles. The number of methoxy groups -OCH3 is 1. The lowest BCUT2D eigenvalue weighted by Crippen LogP contribution is -2.47. The van der Waals surface area contributed by atoms with Crippen molar-refractivity contribution in [3.63, 3.8) is 0 Å². The average molecular weight is 529 g/mol. The number of aliphatic imine (C=N–C) groups is 1. The van der Waals surface area contributed by atoms with Crippen molar-refractivity contribution in [2.45, 2.75) is 45.6 Å². The molecule has 1 aliphatic heterocycles. The summed E-state index contributed by atoms with van der Waals surface area (Å²) in [7, 11) is 1.73. The smallest absolute Gasteiger partial charge is 0.193 e.